The van der Waals surface area contributed by atoms with Gasteiger partial charge in [0.15, 0.2) is 0 Å². The average molecular weight is 315 g/mol. The molecule has 1 saturated carbocycles. The molecule has 1 saturated heterocycles. The SMILES string of the molecule is CNc1ncc2c(n1)N1CCCC1CN(CC1CCCC1)C2=O. The van der Waals surface area contributed by atoms with Crippen LogP contribution >= 0.6 is 0 Å². The van der Waals surface area contributed by atoms with E-state index in [1.807, 2.05) is 7.05 Å². The van der Waals surface area contributed by atoms with Crippen molar-refractivity contribution in [3.63, 3.8) is 0 Å². The van der Waals surface area contributed by atoms with E-state index < -0.39 is 0 Å². The lowest BCUT2D eigenvalue weighted by Crippen LogP contribution is -2.41. The van der Waals surface area contributed by atoms with Crippen molar-refractivity contribution < 1.29 is 4.79 Å². The third kappa shape index (κ3) is 2.64. The Bertz CT molecular complexity index is 599. The molecule has 1 aromatic heterocycles. The molecule has 3 heterocycles. The molecule has 1 aromatic rings. The number of aromatic nitrogens is 2. The summed E-state index contributed by atoms with van der Waals surface area (Å²) in [5.74, 6) is 2.20. The van der Waals surface area contributed by atoms with Crippen molar-refractivity contribution in [2.24, 2.45) is 5.92 Å². The summed E-state index contributed by atoms with van der Waals surface area (Å²) < 4.78 is 0. The van der Waals surface area contributed by atoms with Crippen LogP contribution in [-0.4, -0.2) is 53.5 Å². The van der Waals surface area contributed by atoms with Gasteiger partial charge in [-0.1, -0.05) is 12.8 Å². The number of rotatable bonds is 3. The fourth-order valence-corrected chi connectivity index (χ4v) is 4.34. The number of amides is 1. The van der Waals surface area contributed by atoms with Gasteiger partial charge in [-0.15, -0.1) is 0 Å². The molecule has 23 heavy (non-hydrogen) atoms. The summed E-state index contributed by atoms with van der Waals surface area (Å²) in [4.78, 5) is 26.3. The molecule has 0 aromatic carbocycles. The van der Waals surface area contributed by atoms with E-state index in [1.165, 1.54) is 32.1 Å². The van der Waals surface area contributed by atoms with Gasteiger partial charge in [-0.05, 0) is 31.6 Å². The lowest BCUT2D eigenvalue weighted by molar-refractivity contribution is 0.0727. The number of hydrogen-bond donors (Lipinski definition) is 1. The Morgan fingerprint density at radius 3 is 2.87 bits per heavy atom. The van der Waals surface area contributed by atoms with Crippen LogP contribution in [-0.2, 0) is 0 Å². The number of hydrogen-bond acceptors (Lipinski definition) is 5. The first kappa shape index (κ1) is 14.7. The lowest BCUT2D eigenvalue weighted by atomic mass is 10.1. The average Bonchev–Trinajstić information content (AvgIpc) is 3.23. The van der Waals surface area contributed by atoms with E-state index in [9.17, 15) is 4.79 Å². The Balaban J connectivity index is 1.67. The van der Waals surface area contributed by atoms with Crippen LogP contribution in [0.4, 0.5) is 11.8 Å². The molecule has 1 aliphatic carbocycles. The number of nitrogens with one attached hydrogen (secondary N) is 1. The standard InChI is InChI=1S/C17H25N5O/c1-18-17-19-9-14-15(20-17)22-8-4-7-13(22)11-21(16(14)23)10-12-5-2-3-6-12/h9,12-13H,2-8,10-11H2,1H3,(H,18,19,20). The summed E-state index contributed by atoms with van der Waals surface area (Å²) in [6.45, 7) is 2.72. The van der Waals surface area contributed by atoms with Gasteiger partial charge in [0, 0.05) is 38.9 Å². The molecule has 0 bridgehead atoms. The maximum atomic E-state index is 13.1. The Labute approximate surface area is 137 Å². The van der Waals surface area contributed by atoms with Crippen LogP contribution in [0, 0.1) is 5.92 Å². The molecular formula is C17H25N5O. The maximum Gasteiger partial charge on any atom is 0.259 e. The van der Waals surface area contributed by atoms with E-state index in [-0.39, 0.29) is 5.91 Å². The largest absolute Gasteiger partial charge is 0.357 e. The number of fused-ring (bicyclic) bond motifs is 3. The van der Waals surface area contributed by atoms with Gasteiger partial charge in [-0.2, -0.15) is 4.98 Å². The Kier molecular flexibility index (Phi) is 3.83. The molecule has 3 aliphatic rings. The van der Waals surface area contributed by atoms with Gasteiger partial charge in [0.2, 0.25) is 5.95 Å². The molecule has 6 heteroatoms. The van der Waals surface area contributed by atoms with E-state index in [4.69, 9.17) is 0 Å². The normalized spacial score (nSPS) is 24.6. The first-order chi connectivity index (χ1) is 11.3. The van der Waals surface area contributed by atoms with Gasteiger partial charge in [-0.25, -0.2) is 4.98 Å². The highest BCUT2D eigenvalue weighted by molar-refractivity contribution is 5.99. The lowest BCUT2D eigenvalue weighted by Gasteiger charge is -2.28. The molecule has 0 radical (unpaired) electrons. The van der Waals surface area contributed by atoms with Crippen molar-refractivity contribution in [1.29, 1.82) is 0 Å². The monoisotopic (exact) mass is 315 g/mol. The third-order valence-electron chi connectivity index (χ3n) is 5.54. The minimum absolute atomic E-state index is 0.115. The first-order valence-electron chi connectivity index (χ1n) is 8.87. The Hall–Kier alpha value is -1.85. The van der Waals surface area contributed by atoms with Gasteiger partial charge in [0.1, 0.15) is 11.4 Å². The highest BCUT2D eigenvalue weighted by Crippen LogP contribution is 2.33. The number of anilines is 2. The highest BCUT2D eigenvalue weighted by atomic mass is 16.2. The van der Waals surface area contributed by atoms with E-state index in [0.717, 1.165) is 31.9 Å². The van der Waals surface area contributed by atoms with Crippen molar-refractivity contribution in [2.75, 3.05) is 36.9 Å². The summed E-state index contributed by atoms with van der Waals surface area (Å²) in [7, 11) is 1.81. The van der Waals surface area contributed by atoms with Gasteiger partial charge in [0.05, 0.1) is 0 Å². The molecular weight excluding hydrogens is 290 g/mol. The maximum absolute atomic E-state index is 13.1. The van der Waals surface area contributed by atoms with Crippen LogP contribution in [0.15, 0.2) is 6.20 Å². The molecule has 4 rings (SSSR count). The Morgan fingerprint density at radius 1 is 1.26 bits per heavy atom. The quantitative estimate of drug-likeness (QED) is 0.926. The van der Waals surface area contributed by atoms with Crippen LogP contribution < -0.4 is 10.2 Å². The van der Waals surface area contributed by atoms with Crippen LogP contribution in [0.3, 0.4) is 0 Å². The zero-order valence-corrected chi connectivity index (χ0v) is 13.8. The number of nitrogens with zero attached hydrogens (tertiary/aromatic N) is 4. The zero-order chi connectivity index (χ0) is 15.8. The van der Waals surface area contributed by atoms with E-state index >= 15 is 0 Å². The van der Waals surface area contributed by atoms with Crippen molar-refractivity contribution >= 4 is 17.7 Å². The second-order valence-corrected chi connectivity index (χ2v) is 7.03. The zero-order valence-electron chi connectivity index (χ0n) is 13.8. The molecule has 6 nitrogen and oxygen atoms in total. The van der Waals surface area contributed by atoms with E-state index in [0.29, 0.717) is 23.5 Å². The first-order valence-corrected chi connectivity index (χ1v) is 8.87. The van der Waals surface area contributed by atoms with Crippen molar-refractivity contribution in [2.45, 2.75) is 44.6 Å². The predicted octanol–water partition coefficient (Wildman–Crippen LogP) is 2.13. The number of carbonyl (C=O) groups excluding carboxylic acids is 1. The second-order valence-electron chi connectivity index (χ2n) is 7.03. The molecule has 1 N–H and O–H groups in total. The van der Waals surface area contributed by atoms with Gasteiger partial charge in [-0.3, -0.25) is 4.79 Å². The molecule has 1 atom stereocenters. The van der Waals surface area contributed by atoms with Gasteiger partial charge >= 0.3 is 0 Å². The highest BCUT2D eigenvalue weighted by Gasteiger charge is 2.37. The summed E-state index contributed by atoms with van der Waals surface area (Å²) in [6.07, 6.45) is 9.18. The van der Waals surface area contributed by atoms with Crippen LogP contribution in [0.5, 0.6) is 0 Å². The summed E-state index contributed by atoms with van der Waals surface area (Å²) in [5.41, 5.74) is 0.673. The number of carbonyl (C=O) groups is 1. The third-order valence-corrected chi connectivity index (χ3v) is 5.54. The minimum atomic E-state index is 0.115. The van der Waals surface area contributed by atoms with E-state index in [1.54, 1.807) is 6.20 Å². The molecule has 2 fully saturated rings. The summed E-state index contributed by atoms with van der Waals surface area (Å²) >= 11 is 0. The fraction of sp³-hybridized carbons (Fsp3) is 0.706. The van der Waals surface area contributed by atoms with Gasteiger partial charge in [0.25, 0.3) is 5.91 Å². The summed E-state index contributed by atoms with van der Waals surface area (Å²) in [5, 5.41) is 2.99. The molecule has 0 spiro atoms. The second kappa shape index (κ2) is 5.98. The van der Waals surface area contributed by atoms with Crippen LogP contribution in [0.2, 0.25) is 0 Å². The predicted molar refractivity (Wildman–Crippen MR) is 89.8 cm³/mol. The Morgan fingerprint density at radius 2 is 2.09 bits per heavy atom. The van der Waals surface area contributed by atoms with Crippen molar-refractivity contribution in [3.05, 3.63) is 11.8 Å². The van der Waals surface area contributed by atoms with Gasteiger partial charge < -0.3 is 15.1 Å². The minimum Gasteiger partial charge on any atom is -0.357 e. The molecule has 2 aliphatic heterocycles. The van der Waals surface area contributed by atoms with Crippen LogP contribution in [0.1, 0.15) is 48.9 Å². The topological polar surface area (TPSA) is 61.4 Å². The van der Waals surface area contributed by atoms with Crippen LogP contribution in [0.25, 0.3) is 0 Å². The molecule has 1 unspecified atom stereocenters. The van der Waals surface area contributed by atoms with Crippen molar-refractivity contribution in [1.82, 2.24) is 14.9 Å². The smallest absolute Gasteiger partial charge is 0.259 e. The molecule has 124 valence electrons. The van der Waals surface area contributed by atoms with Crippen molar-refractivity contribution in [3.8, 4) is 0 Å². The fourth-order valence-electron chi connectivity index (χ4n) is 4.34. The molecule has 1 amide bonds. The van der Waals surface area contributed by atoms with E-state index in [2.05, 4.69) is 25.1 Å². The summed E-state index contributed by atoms with van der Waals surface area (Å²) in [6, 6.07) is 0.404.